The lowest BCUT2D eigenvalue weighted by Crippen LogP contribution is -2.17. The van der Waals surface area contributed by atoms with Crippen molar-refractivity contribution in [2.75, 3.05) is 11.5 Å². The van der Waals surface area contributed by atoms with Gasteiger partial charge in [-0.1, -0.05) is 0 Å². The van der Waals surface area contributed by atoms with E-state index in [0.29, 0.717) is 6.04 Å². The molecule has 1 heterocycles. The van der Waals surface area contributed by atoms with Crippen LogP contribution in [0.2, 0.25) is 0 Å². The highest BCUT2D eigenvalue weighted by molar-refractivity contribution is 7.99. The highest BCUT2D eigenvalue weighted by Gasteiger charge is 2.01. The van der Waals surface area contributed by atoms with E-state index in [9.17, 15) is 0 Å². The van der Waals surface area contributed by atoms with Crippen LogP contribution in [0.25, 0.3) is 0 Å². The maximum atomic E-state index is 5.65. The number of aryl methyl sites for hydroxylation is 2. The Balaban J connectivity index is 2.17. The Morgan fingerprint density at radius 3 is 3.00 bits per heavy atom. The van der Waals surface area contributed by atoms with Crippen molar-refractivity contribution in [2.45, 2.75) is 26.3 Å². The standard InChI is InChI=1S/C9H16N2S2/c1-7(10)5-12-4-3-9-8(2)11-6-13-9/h6-7H,3-5,10H2,1-2H3. The van der Waals surface area contributed by atoms with Gasteiger partial charge in [0.1, 0.15) is 0 Å². The second-order valence-electron chi connectivity index (χ2n) is 3.16. The Morgan fingerprint density at radius 2 is 2.46 bits per heavy atom. The Labute approximate surface area is 87.9 Å². The SMILES string of the molecule is Cc1ncsc1CCSCC(C)N. The topological polar surface area (TPSA) is 38.9 Å². The van der Waals surface area contributed by atoms with E-state index in [1.54, 1.807) is 11.3 Å². The van der Waals surface area contributed by atoms with Gasteiger partial charge in [0.05, 0.1) is 11.2 Å². The third-order valence-corrected chi connectivity index (χ3v) is 3.95. The van der Waals surface area contributed by atoms with Gasteiger partial charge in [-0.25, -0.2) is 4.98 Å². The smallest absolute Gasteiger partial charge is 0.0797 e. The molecular formula is C9H16N2S2. The van der Waals surface area contributed by atoms with Crippen molar-refractivity contribution < 1.29 is 0 Å². The van der Waals surface area contributed by atoms with Gasteiger partial charge in [0.25, 0.3) is 0 Å². The van der Waals surface area contributed by atoms with Crippen molar-refractivity contribution in [1.82, 2.24) is 4.98 Å². The highest BCUT2D eigenvalue weighted by atomic mass is 32.2. The average molecular weight is 216 g/mol. The van der Waals surface area contributed by atoms with Crippen LogP contribution < -0.4 is 5.73 Å². The Bertz CT molecular complexity index is 246. The lowest BCUT2D eigenvalue weighted by molar-refractivity contribution is 0.847. The van der Waals surface area contributed by atoms with Crippen molar-refractivity contribution in [3.05, 3.63) is 16.1 Å². The molecule has 0 aromatic carbocycles. The minimum absolute atomic E-state index is 0.313. The minimum Gasteiger partial charge on any atom is -0.327 e. The van der Waals surface area contributed by atoms with Gasteiger partial charge < -0.3 is 5.73 Å². The fourth-order valence-corrected chi connectivity index (χ4v) is 2.80. The summed E-state index contributed by atoms with van der Waals surface area (Å²) in [6.45, 7) is 4.12. The molecule has 4 heteroatoms. The largest absolute Gasteiger partial charge is 0.327 e. The van der Waals surface area contributed by atoms with Crippen molar-refractivity contribution >= 4 is 23.1 Å². The zero-order valence-electron chi connectivity index (χ0n) is 8.12. The number of thioether (sulfide) groups is 1. The van der Waals surface area contributed by atoms with Gasteiger partial charge in [-0.05, 0) is 26.0 Å². The van der Waals surface area contributed by atoms with Gasteiger partial charge in [-0.3, -0.25) is 0 Å². The summed E-state index contributed by atoms with van der Waals surface area (Å²) in [5.41, 5.74) is 8.76. The molecule has 1 atom stereocenters. The number of aromatic nitrogens is 1. The van der Waals surface area contributed by atoms with Crippen molar-refractivity contribution in [3.8, 4) is 0 Å². The summed E-state index contributed by atoms with van der Waals surface area (Å²) in [6, 6.07) is 0.313. The van der Waals surface area contributed by atoms with E-state index < -0.39 is 0 Å². The average Bonchev–Trinajstić information content (AvgIpc) is 2.45. The molecule has 0 fully saturated rings. The van der Waals surface area contributed by atoms with Gasteiger partial charge in [-0.15, -0.1) is 11.3 Å². The summed E-state index contributed by atoms with van der Waals surface area (Å²) in [6.07, 6.45) is 1.13. The van der Waals surface area contributed by atoms with Gasteiger partial charge in [0.2, 0.25) is 0 Å². The van der Waals surface area contributed by atoms with Crippen LogP contribution in [-0.4, -0.2) is 22.5 Å². The van der Waals surface area contributed by atoms with E-state index in [1.165, 1.54) is 10.6 Å². The molecule has 2 nitrogen and oxygen atoms in total. The first-order chi connectivity index (χ1) is 6.20. The predicted molar refractivity (Wildman–Crippen MR) is 61.5 cm³/mol. The van der Waals surface area contributed by atoms with Crippen LogP contribution in [0.3, 0.4) is 0 Å². The second-order valence-corrected chi connectivity index (χ2v) is 5.25. The van der Waals surface area contributed by atoms with Crippen LogP contribution in [0.1, 0.15) is 17.5 Å². The molecule has 0 spiro atoms. The molecule has 1 unspecified atom stereocenters. The Hall–Kier alpha value is -0.0600. The number of nitrogens with two attached hydrogens (primary N) is 1. The molecule has 1 aromatic rings. The molecule has 0 bridgehead atoms. The lowest BCUT2D eigenvalue weighted by Gasteiger charge is -2.03. The van der Waals surface area contributed by atoms with Gasteiger partial charge in [0.15, 0.2) is 0 Å². The molecule has 0 radical (unpaired) electrons. The van der Waals surface area contributed by atoms with Crippen LogP contribution in [0, 0.1) is 6.92 Å². The molecule has 0 aliphatic carbocycles. The quantitative estimate of drug-likeness (QED) is 0.766. The van der Waals surface area contributed by atoms with E-state index in [2.05, 4.69) is 11.9 Å². The molecule has 0 saturated heterocycles. The van der Waals surface area contributed by atoms with E-state index in [-0.39, 0.29) is 0 Å². The van der Waals surface area contributed by atoms with Gasteiger partial charge in [-0.2, -0.15) is 11.8 Å². The third-order valence-electron chi connectivity index (χ3n) is 1.70. The van der Waals surface area contributed by atoms with Crippen molar-refractivity contribution in [3.63, 3.8) is 0 Å². The first-order valence-corrected chi connectivity index (χ1v) is 6.46. The summed E-state index contributed by atoms with van der Waals surface area (Å²) in [5.74, 6) is 2.21. The fourth-order valence-electron chi connectivity index (χ4n) is 1.00. The number of hydrogen-bond donors (Lipinski definition) is 1. The maximum absolute atomic E-state index is 5.65. The Kier molecular flexibility index (Phi) is 4.77. The minimum atomic E-state index is 0.313. The van der Waals surface area contributed by atoms with Crippen LogP contribution in [0.15, 0.2) is 5.51 Å². The molecule has 0 aliphatic rings. The predicted octanol–water partition coefficient (Wildman–Crippen LogP) is 2.07. The van der Waals surface area contributed by atoms with Crippen molar-refractivity contribution in [2.24, 2.45) is 5.73 Å². The normalized spacial score (nSPS) is 13.2. The summed E-state index contributed by atoms with van der Waals surface area (Å²) in [7, 11) is 0. The highest BCUT2D eigenvalue weighted by Crippen LogP contribution is 2.15. The molecule has 2 N–H and O–H groups in total. The van der Waals surface area contributed by atoms with Crippen LogP contribution in [-0.2, 0) is 6.42 Å². The molecule has 0 amide bonds. The fraction of sp³-hybridized carbons (Fsp3) is 0.667. The monoisotopic (exact) mass is 216 g/mol. The molecule has 0 aliphatic heterocycles. The van der Waals surface area contributed by atoms with Crippen molar-refractivity contribution in [1.29, 1.82) is 0 Å². The summed E-state index contributed by atoms with van der Waals surface area (Å²) in [5, 5.41) is 0. The maximum Gasteiger partial charge on any atom is 0.0797 e. The summed E-state index contributed by atoms with van der Waals surface area (Å²) in [4.78, 5) is 5.63. The number of rotatable bonds is 5. The van der Waals surface area contributed by atoms with E-state index >= 15 is 0 Å². The molecule has 74 valence electrons. The Morgan fingerprint density at radius 1 is 1.69 bits per heavy atom. The zero-order chi connectivity index (χ0) is 9.68. The van der Waals surface area contributed by atoms with E-state index in [0.717, 1.165) is 17.9 Å². The number of nitrogens with zero attached hydrogens (tertiary/aromatic N) is 1. The van der Waals surface area contributed by atoms with E-state index in [4.69, 9.17) is 5.73 Å². The zero-order valence-corrected chi connectivity index (χ0v) is 9.75. The first-order valence-electron chi connectivity index (χ1n) is 4.42. The van der Waals surface area contributed by atoms with E-state index in [1.807, 2.05) is 24.2 Å². The molecular weight excluding hydrogens is 200 g/mol. The van der Waals surface area contributed by atoms with Gasteiger partial charge in [0, 0.05) is 16.7 Å². The van der Waals surface area contributed by atoms with Crippen LogP contribution in [0.4, 0.5) is 0 Å². The van der Waals surface area contributed by atoms with Crippen LogP contribution in [0.5, 0.6) is 0 Å². The molecule has 1 aromatic heterocycles. The molecule has 0 saturated carbocycles. The van der Waals surface area contributed by atoms with Crippen LogP contribution >= 0.6 is 23.1 Å². The number of thiazole rings is 1. The molecule has 1 rings (SSSR count). The third kappa shape index (κ3) is 4.11. The van der Waals surface area contributed by atoms with Gasteiger partial charge >= 0.3 is 0 Å². The summed E-state index contributed by atoms with van der Waals surface area (Å²) >= 11 is 3.67. The molecule has 13 heavy (non-hydrogen) atoms. The first kappa shape index (κ1) is 11.0. The second kappa shape index (κ2) is 5.62. The lowest BCUT2D eigenvalue weighted by atomic mass is 10.3. The number of hydrogen-bond acceptors (Lipinski definition) is 4. The summed E-state index contributed by atoms with van der Waals surface area (Å²) < 4.78 is 0.